The van der Waals surface area contributed by atoms with Crippen molar-refractivity contribution in [2.24, 2.45) is 0 Å². The van der Waals surface area contributed by atoms with E-state index < -0.39 is 10.0 Å². The largest absolute Gasteiger partial charge is 0.495 e. The van der Waals surface area contributed by atoms with Gasteiger partial charge in [0.2, 0.25) is 10.0 Å². The number of nitrogens with one attached hydrogen (secondary N) is 1. The lowest BCUT2D eigenvalue weighted by Crippen LogP contribution is -2.35. The summed E-state index contributed by atoms with van der Waals surface area (Å²) in [5.74, 6) is 0.254. The summed E-state index contributed by atoms with van der Waals surface area (Å²) in [7, 11) is -2.29. The fourth-order valence-corrected chi connectivity index (χ4v) is 3.56. The summed E-state index contributed by atoms with van der Waals surface area (Å²) in [6.07, 6.45) is 2.85. The molecule has 0 spiro atoms. The van der Waals surface area contributed by atoms with E-state index in [1.54, 1.807) is 6.07 Å². The van der Waals surface area contributed by atoms with Gasteiger partial charge in [0.05, 0.1) is 19.8 Å². The molecule has 0 saturated carbocycles. The Morgan fingerprint density at radius 1 is 1.43 bits per heavy atom. The summed E-state index contributed by atoms with van der Waals surface area (Å²) in [6, 6.07) is 4.59. The number of ether oxygens (including phenoxy) is 2. The van der Waals surface area contributed by atoms with Crippen LogP contribution in [0.15, 0.2) is 23.1 Å². The van der Waals surface area contributed by atoms with Gasteiger partial charge in [-0.1, -0.05) is 6.07 Å². The zero-order valence-electron chi connectivity index (χ0n) is 12.0. The van der Waals surface area contributed by atoms with E-state index in [0.717, 1.165) is 19.3 Å². The Kier molecular flexibility index (Phi) is 5.58. The minimum atomic E-state index is -3.70. The molecule has 0 aliphatic carbocycles. The second kappa shape index (κ2) is 7.22. The van der Waals surface area contributed by atoms with Crippen LogP contribution in [0.4, 0.5) is 0 Å². The molecule has 7 heteroatoms. The number of hydrogen-bond acceptors (Lipinski definition) is 5. The number of rotatable bonds is 6. The Morgan fingerprint density at radius 3 is 2.86 bits per heavy atom. The average Bonchev–Trinajstić information content (AvgIpc) is 2.53. The van der Waals surface area contributed by atoms with E-state index in [-0.39, 0.29) is 29.9 Å². The molecule has 1 fully saturated rings. The Balaban J connectivity index is 2.14. The lowest BCUT2D eigenvalue weighted by Gasteiger charge is -2.23. The first-order chi connectivity index (χ1) is 10.1. The molecule has 0 aromatic heterocycles. The smallest absolute Gasteiger partial charge is 0.244 e. The van der Waals surface area contributed by atoms with Crippen LogP contribution in [-0.4, -0.2) is 39.9 Å². The molecule has 0 radical (unpaired) electrons. The summed E-state index contributed by atoms with van der Waals surface area (Å²) < 4.78 is 37.9. The van der Waals surface area contributed by atoms with Gasteiger partial charge >= 0.3 is 0 Å². The molecule has 1 atom stereocenters. The highest BCUT2D eigenvalue weighted by Gasteiger charge is 2.22. The minimum Gasteiger partial charge on any atom is -0.495 e. The summed E-state index contributed by atoms with van der Waals surface area (Å²) in [5.41, 5.74) is 0.519. The van der Waals surface area contributed by atoms with Crippen LogP contribution in [0.25, 0.3) is 0 Å². The van der Waals surface area contributed by atoms with Gasteiger partial charge in [0.25, 0.3) is 0 Å². The van der Waals surface area contributed by atoms with Crippen molar-refractivity contribution in [2.45, 2.75) is 36.9 Å². The predicted octanol–water partition coefficient (Wildman–Crippen LogP) is 1.03. The van der Waals surface area contributed by atoms with Crippen molar-refractivity contribution in [1.82, 2.24) is 4.72 Å². The molecule has 1 aromatic rings. The van der Waals surface area contributed by atoms with Crippen molar-refractivity contribution in [3.05, 3.63) is 23.8 Å². The summed E-state index contributed by atoms with van der Waals surface area (Å²) in [5, 5.41) is 9.15. The van der Waals surface area contributed by atoms with Gasteiger partial charge in [-0.2, -0.15) is 0 Å². The van der Waals surface area contributed by atoms with Gasteiger partial charge in [0.1, 0.15) is 10.6 Å². The third kappa shape index (κ3) is 4.16. The topological polar surface area (TPSA) is 84.9 Å². The van der Waals surface area contributed by atoms with Crippen LogP contribution in [0.2, 0.25) is 0 Å². The number of sulfonamides is 1. The molecule has 21 heavy (non-hydrogen) atoms. The van der Waals surface area contributed by atoms with Crippen molar-refractivity contribution in [2.75, 3.05) is 20.3 Å². The number of methoxy groups -OCH3 is 1. The van der Waals surface area contributed by atoms with Crippen molar-refractivity contribution < 1.29 is 23.0 Å². The maximum absolute atomic E-state index is 12.4. The Hall–Kier alpha value is -1.15. The number of benzene rings is 1. The predicted molar refractivity (Wildman–Crippen MR) is 77.7 cm³/mol. The molecule has 118 valence electrons. The quantitative estimate of drug-likeness (QED) is 0.819. The minimum absolute atomic E-state index is 0.0346. The summed E-state index contributed by atoms with van der Waals surface area (Å²) in [6.45, 7) is 0.697. The lowest BCUT2D eigenvalue weighted by molar-refractivity contribution is 0.0200. The maximum Gasteiger partial charge on any atom is 0.244 e. The molecule has 1 heterocycles. The first kappa shape index (κ1) is 16.2. The van der Waals surface area contributed by atoms with E-state index in [1.807, 2.05) is 0 Å². The van der Waals surface area contributed by atoms with Gasteiger partial charge < -0.3 is 14.6 Å². The highest BCUT2D eigenvalue weighted by molar-refractivity contribution is 7.89. The Labute approximate surface area is 125 Å². The molecule has 1 unspecified atom stereocenters. The standard InChI is InChI=1S/C14H21NO5S/c1-19-13-6-5-11(10-16)8-14(13)21(17,18)15-9-12-4-2-3-7-20-12/h5-6,8,12,15-16H,2-4,7,9-10H2,1H3. The molecule has 1 saturated heterocycles. The van der Waals surface area contributed by atoms with Crippen LogP contribution in [-0.2, 0) is 21.4 Å². The second-order valence-electron chi connectivity index (χ2n) is 4.98. The molecule has 2 N–H and O–H groups in total. The molecule has 1 aromatic carbocycles. The molecule has 6 nitrogen and oxygen atoms in total. The van der Waals surface area contributed by atoms with E-state index in [4.69, 9.17) is 14.6 Å². The van der Waals surface area contributed by atoms with Crippen molar-refractivity contribution in [3.8, 4) is 5.75 Å². The van der Waals surface area contributed by atoms with Crippen LogP contribution in [0.5, 0.6) is 5.75 Å². The molecular formula is C14H21NO5S. The molecule has 2 rings (SSSR count). The number of hydrogen-bond donors (Lipinski definition) is 2. The van der Waals surface area contributed by atoms with E-state index in [9.17, 15) is 8.42 Å². The van der Waals surface area contributed by atoms with Crippen LogP contribution in [0.1, 0.15) is 24.8 Å². The zero-order valence-corrected chi connectivity index (χ0v) is 12.9. The van der Waals surface area contributed by atoms with Gasteiger partial charge in [-0.3, -0.25) is 0 Å². The second-order valence-corrected chi connectivity index (χ2v) is 6.72. The molecular weight excluding hydrogens is 294 g/mol. The van der Waals surface area contributed by atoms with E-state index in [2.05, 4.69) is 4.72 Å². The van der Waals surface area contributed by atoms with Crippen LogP contribution in [0.3, 0.4) is 0 Å². The van der Waals surface area contributed by atoms with Gasteiger partial charge in [-0.15, -0.1) is 0 Å². The van der Waals surface area contributed by atoms with Crippen molar-refractivity contribution in [3.63, 3.8) is 0 Å². The fourth-order valence-electron chi connectivity index (χ4n) is 2.28. The third-order valence-electron chi connectivity index (χ3n) is 3.48. The van der Waals surface area contributed by atoms with E-state index in [0.29, 0.717) is 12.2 Å². The average molecular weight is 315 g/mol. The van der Waals surface area contributed by atoms with E-state index in [1.165, 1.54) is 19.2 Å². The van der Waals surface area contributed by atoms with Gasteiger partial charge in [-0.05, 0) is 37.0 Å². The monoisotopic (exact) mass is 315 g/mol. The SMILES string of the molecule is COc1ccc(CO)cc1S(=O)(=O)NCC1CCCCO1. The van der Waals surface area contributed by atoms with Crippen LogP contribution in [0, 0.1) is 0 Å². The lowest BCUT2D eigenvalue weighted by atomic mass is 10.1. The summed E-state index contributed by atoms with van der Waals surface area (Å²) >= 11 is 0. The molecule has 0 amide bonds. The zero-order chi connectivity index (χ0) is 15.3. The van der Waals surface area contributed by atoms with Crippen LogP contribution < -0.4 is 9.46 Å². The first-order valence-electron chi connectivity index (χ1n) is 6.96. The van der Waals surface area contributed by atoms with E-state index >= 15 is 0 Å². The summed E-state index contributed by atoms with van der Waals surface area (Å²) in [4.78, 5) is 0.0346. The van der Waals surface area contributed by atoms with Crippen molar-refractivity contribution >= 4 is 10.0 Å². The number of aliphatic hydroxyl groups excluding tert-OH is 1. The molecule has 1 aliphatic heterocycles. The fraction of sp³-hybridized carbons (Fsp3) is 0.571. The van der Waals surface area contributed by atoms with Gasteiger partial charge in [0, 0.05) is 13.2 Å². The first-order valence-corrected chi connectivity index (χ1v) is 8.44. The van der Waals surface area contributed by atoms with Crippen molar-refractivity contribution in [1.29, 1.82) is 0 Å². The van der Waals surface area contributed by atoms with Gasteiger partial charge in [-0.25, -0.2) is 13.1 Å². The number of aliphatic hydroxyl groups is 1. The van der Waals surface area contributed by atoms with Crippen LogP contribution >= 0.6 is 0 Å². The normalized spacial score (nSPS) is 19.4. The highest BCUT2D eigenvalue weighted by Crippen LogP contribution is 2.25. The highest BCUT2D eigenvalue weighted by atomic mass is 32.2. The van der Waals surface area contributed by atoms with Gasteiger partial charge in [0.15, 0.2) is 0 Å². The molecule has 1 aliphatic rings. The molecule has 0 bridgehead atoms. The third-order valence-corrected chi connectivity index (χ3v) is 4.92. The maximum atomic E-state index is 12.4. The Bertz CT molecular complexity index is 567. The Morgan fingerprint density at radius 2 is 2.24 bits per heavy atom.